The third-order valence-corrected chi connectivity index (χ3v) is 2.26. The lowest BCUT2D eigenvalue weighted by molar-refractivity contribution is 0.127. The molecule has 1 rings (SSSR count). The van der Waals surface area contributed by atoms with E-state index in [1.54, 1.807) is 4.90 Å². The fraction of sp³-hybridized carbons (Fsp3) is 0.714. The number of nitrogens with zero attached hydrogens (tertiary/aromatic N) is 1. The molecule has 0 bridgehead atoms. The Labute approximate surface area is 76.7 Å². The summed E-state index contributed by atoms with van der Waals surface area (Å²) in [6.07, 6.45) is 1.45. The highest BCUT2D eigenvalue weighted by Gasteiger charge is 2.30. The average molecular weight is 188 g/mol. The SMILES string of the molecule is COC(=O)N1CCCC1C(N)=S. The molecule has 0 aromatic carbocycles. The number of hydrogen-bond acceptors (Lipinski definition) is 3. The number of carbonyl (C=O) groups excluding carboxylic acids is 1. The largest absolute Gasteiger partial charge is 0.453 e. The number of likely N-dealkylation sites (tertiary alicyclic amines) is 1. The molecule has 1 unspecified atom stereocenters. The van der Waals surface area contributed by atoms with Gasteiger partial charge in [0.2, 0.25) is 0 Å². The monoisotopic (exact) mass is 188 g/mol. The van der Waals surface area contributed by atoms with Crippen molar-refractivity contribution >= 4 is 23.3 Å². The van der Waals surface area contributed by atoms with Crippen LogP contribution in [0.4, 0.5) is 4.79 Å². The molecule has 1 aliphatic rings. The van der Waals surface area contributed by atoms with Crippen molar-refractivity contribution in [3.05, 3.63) is 0 Å². The van der Waals surface area contributed by atoms with Gasteiger partial charge in [-0.3, -0.25) is 4.90 Å². The molecule has 1 amide bonds. The molecule has 0 aliphatic carbocycles. The lowest BCUT2D eigenvalue weighted by atomic mass is 10.2. The Balaban J connectivity index is 2.63. The number of carbonyl (C=O) groups is 1. The summed E-state index contributed by atoms with van der Waals surface area (Å²) in [5, 5.41) is 0. The Hall–Kier alpha value is -0.840. The fourth-order valence-corrected chi connectivity index (χ4v) is 1.64. The van der Waals surface area contributed by atoms with E-state index in [2.05, 4.69) is 4.74 Å². The van der Waals surface area contributed by atoms with Crippen LogP contribution < -0.4 is 5.73 Å². The molecule has 1 fully saturated rings. The van der Waals surface area contributed by atoms with Gasteiger partial charge in [-0.05, 0) is 12.8 Å². The molecule has 68 valence electrons. The molecule has 5 heteroatoms. The minimum absolute atomic E-state index is 0.104. The van der Waals surface area contributed by atoms with Crippen LogP contribution in [0, 0.1) is 0 Å². The molecule has 1 saturated heterocycles. The summed E-state index contributed by atoms with van der Waals surface area (Å²) in [6, 6.07) is -0.104. The fourth-order valence-electron chi connectivity index (χ4n) is 1.40. The van der Waals surface area contributed by atoms with Gasteiger partial charge in [0.1, 0.15) is 0 Å². The van der Waals surface area contributed by atoms with Crippen molar-refractivity contribution in [2.24, 2.45) is 5.73 Å². The molecule has 0 aromatic heterocycles. The Morgan fingerprint density at radius 1 is 1.75 bits per heavy atom. The molecule has 1 heterocycles. The van der Waals surface area contributed by atoms with Crippen molar-refractivity contribution in [3.8, 4) is 0 Å². The summed E-state index contributed by atoms with van der Waals surface area (Å²) >= 11 is 4.83. The van der Waals surface area contributed by atoms with Gasteiger partial charge in [0.15, 0.2) is 0 Å². The van der Waals surface area contributed by atoms with E-state index < -0.39 is 0 Å². The zero-order valence-corrected chi connectivity index (χ0v) is 7.76. The van der Waals surface area contributed by atoms with Gasteiger partial charge in [-0.2, -0.15) is 0 Å². The van der Waals surface area contributed by atoms with Gasteiger partial charge < -0.3 is 10.5 Å². The molecule has 1 aliphatic heterocycles. The maximum Gasteiger partial charge on any atom is 0.410 e. The van der Waals surface area contributed by atoms with Crippen LogP contribution in [0.1, 0.15) is 12.8 Å². The standard InChI is InChI=1S/C7H12N2O2S/c1-11-7(10)9-4-2-3-5(9)6(8)12/h5H,2-4H2,1H3,(H2,8,12). The topological polar surface area (TPSA) is 55.6 Å². The zero-order valence-electron chi connectivity index (χ0n) is 6.95. The van der Waals surface area contributed by atoms with Crippen LogP contribution in [-0.4, -0.2) is 35.7 Å². The highest BCUT2D eigenvalue weighted by molar-refractivity contribution is 7.80. The van der Waals surface area contributed by atoms with Gasteiger partial charge in [0.05, 0.1) is 18.1 Å². The van der Waals surface area contributed by atoms with E-state index in [9.17, 15) is 4.79 Å². The highest BCUT2D eigenvalue weighted by Crippen LogP contribution is 2.17. The van der Waals surface area contributed by atoms with E-state index in [4.69, 9.17) is 18.0 Å². The summed E-state index contributed by atoms with van der Waals surface area (Å²) in [7, 11) is 1.36. The van der Waals surface area contributed by atoms with Gasteiger partial charge in [0, 0.05) is 6.54 Å². The average Bonchev–Trinajstić information content (AvgIpc) is 2.50. The molecule has 0 radical (unpaired) electrons. The second-order valence-corrected chi connectivity index (χ2v) is 3.20. The van der Waals surface area contributed by atoms with Gasteiger partial charge in [-0.1, -0.05) is 12.2 Å². The molecule has 0 saturated carbocycles. The maximum atomic E-state index is 11.1. The number of methoxy groups -OCH3 is 1. The van der Waals surface area contributed by atoms with Crippen molar-refractivity contribution in [1.82, 2.24) is 4.90 Å². The summed E-state index contributed by atoms with van der Waals surface area (Å²) in [5.74, 6) is 0. The van der Waals surface area contributed by atoms with Crippen LogP contribution in [-0.2, 0) is 4.74 Å². The zero-order chi connectivity index (χ0) is 9.14. The Kier molecular flexibility index (Phi) is 2.86. The highest BCUT2D eigenvalue weighted by atomic mass is 32.1. The molecule has 2 N–H and O–H groups in total. The van der Waals surface area contributed by atoms with E-state index in [-0.39, 0.29) is 12.1 Å². The quantitative estimate of drug-likeness (QED) is 0.609. The summed E-state index contributed by atoms with van der Waals surface area (Å²) in [5.41, 5.74) is 5.46. The number of amides is 1. The van der Waals surface area contributed by atoms with E-state index in [0.717, 1.165) is 12.8 Å². The number of rotatable bonds is 1. The normalized spacial score (nSPS) is 22.4. The minimum atomic E-state index is -0.342. The first-order valence-corrected chi connectivity index (χ1v) is 4.21. The number of hydrogen-bond donors (Lipinski definition) is 1. The first-order valence-electron chi connectivity index (χ1n) is 3.80. The third kappa shape index (κ3) is 1.66. The first kappa shape index (κ1) is 9.25. The molecule has 1 atom stereocenters. The Bertz CT molecular complexity index is 208. The molecule has 0 aromatic rings. The lowest BCUT2D eigenvalue weighted by Gasteiger charge is -2.21. The molecular formula is C7H12N2O2S. The second kappa shape index (κ2) is 3.71. The number of thiocarbonyl (C=S) groups is 1. The minimum Gasteiger partial charge on any atom is -0.453 e. The van der Waals surface area contributed by atoms with Crippen molar-refractivity contribution in [2.75, 3.05) is 13.7 Å². The molecular weight excluding hydrogens is 176 g/mol. The molecule has 4 nitrogen and oxygen atoms in total. The van der Waals surface area contributed by atoms with Gasteiger partial charge in [0.25, 0.3) is 0 Å². The smallest absolute Gasteiger partial charge is 0.410 e. The Morgan fingerprint density at radius 2 is 2.42 bits per heavy atom. The van der Waals surface area contributed by atoms with Crippen LogP contribution in [0.5, 0.6) is 0 Å². The van der Waals surface area contributed by atoms with Gasteiger partial charge in [-0.15, -0.1) is 0 Å². The van der Waals surface area contributed by atoms with E-state index in [1.165, 1.54) is 7.11 Å². The van der Waals surface area contributed by atoms with Crippen LogP contribution >= 0.6 is 12.2 Å². The van der Waals surface area contributed by atoms with Crippen molar-refractivity contribution in [2.45, 2.75) is 18.9 Å². The van der Waals surface area contributed by atoms with Gasteiger partial charge in [-0.25, -0.2) is 4.79 Å². The lowest BCUT2D eigenvalue weighted by Crippen LogP contribution is -2.42. The predicted molar refractivity (Wildman–Crippen MR) is 48.9 cm³/mol. The summed E-state index contributed by atoms with van der Waals surface area (Å²) < 4.78 is 4.59. The maximum absolute atomic E-state index is 11.1. The predicted octanol–water partition coefficient (Wildman–Crippen LogP) is 0.503. The van der Waals surface area contributed by atoms with Crippen LogP contribution in [0.3, 0.4) is 0 Å². The van der Waals surface area contributed by atoms with E-state index >= 15 is 0 Å². The van der Waals surface area contributed by atoms with Crippen molar-refractivity contribution < 1.29 is 9.53 Å². The van der Waals surface area contributed by atoms with Crippen LogP contribution in [0.15, 0.2) is 0 Å². The Morgan fingerprint density at radius 3 is 2.92 bits per heavy atom. The summed E-state index contributed by atoms with van der Waals surface area (Å²) in [6.45, 7) is 0.689. The summed E-state index contributed by atoms with van der Waals surface area (Å²) in [4.78, 5) is 13.1. The van der Waals surface area contributed by atoms with Crippen molar-refractivity contribution in [3.63, 3.8) is 0 Å². The van der Waals surface area contributed by atoms with Crippen molar-refractivity contribution in [1.29, 1.82) is 0 Å². The number of ether oxygens (including phenoxy) is 1. The second-order valence-electron chi connectivity index (χ2n) is 2.72. The van der Waals surface area contributed by atoms with E-state index in [0.29, 0.717) is 11.5 Å². The van der Waals surface area contributed by atoms with Crippen LogP contribution in [0.2, 0.25) is 0 Å². The van der Waals surface area contributed by atoms with Gasteiger partial charge >= 0.3 is 6.09 Å². The van der Waals surface area contributed by atoms with E-state index in [1.807, 2.05) is 0 Å². The number of nitrogens with two attached hydrogens (primary N) is 1. The third-order valence-electron chi connectivity index (χ3n) is 1.99. The molecule has 12 heavy (non-hydrogen) atoms. The molecule has 0 spiro atoms. The van der Waals surface area contributed by atoms with Crippen LogP contribution in [0.25, 0.3) is 0 Å². The first-order chi connectivity index (χ1) is 5.66.